The molecule has 0 aliphatic carbocycles. The molecule has 4 amide bonds. The number of halogens is 1. The third-order valence-electron chi connectivity index (χ3n) is 3.64. The zero-order valence-electron chi connectivity index (χ0n) is 13.2. The van der Waals surface area contributed by atoms with Crippen LogP contribution >= 0.6 is 11.6 Å². The van der Waals surface area contributed by atoms with E-state index in [0.29, 0.717) is 0 Å². The number of nitro benzene ring substituents is 1. The lowest BCUT2D eigenvalue weighted by Gasteiger charge is -2.21. The molecule has 2 aromatic rings. The number of furan rings is 1. The Hall–Kier alpha value is -3.46. The van der Waals surface area contributed by atoms with Crippen molar-refractivity contribution in [3.63, 3.8) is 0 Å². The van der Waals surface area contributed by atoms with Gasteiger partial charge in [-0.25, -0.2) is 4.79 Å². The molecular formula is C16H10ClN3O6. The molecule has 1 N–H and O–H groups in total. The largest absolute Gasteiger partial charge is 0.457 e. The van der Waals surface area contributed by atoms with Gasteiger partial charge in [0.1, 0.15) is 17.1 Å². The first-order chi connectivity index (χ1) is 12.3. The number of carbonyl (C=O) groups is 3. The molecule has 10 heteroatoms. The molecule has 2 heterocycles. The number of rotatable bonds is 3. The monoisotopic (exact) mass is 375 g/mol. The van der Waals surface area contributed by atoms with Crippen LogP contribution in [-0.2, 0) is 9.59 Å². The second-order valence-electron chi connectivity index (χ2n) is 5.30. The van der Waals surface area contributed by atoms with E-state index >= 15 is 0 Å². The third-order valence-corrected chi connectivity index (χ3v) is 3.97. The fraction of sp³-hybridized carbons (Fsp3) is 0.0625. The summed E-state index contributed by atoms with van der Waals surface area (Å²) in [4.78, 5) is 46.3. The van der Waals surface area contributed by atoms with Gasteiger partial charge in [0, 0.05) is 24.7 Å². The molecule has 1 aliphatic rings. The van der Waals surface area contributed by atoms with Crippen molar-refractivity contribution in [1.29, 1.82) is 0 Å². The smallest absolute Gasteiger partial charge is 0.331 e. The van der Waals surface area contributed by atoms with Crippen molar-refractivity contribution in [3.8, 4) is 11.3 Å². The maximum Gasteiger partial charge on any atom is 0.331 e. The molecule has 0 unspecified atom stereocenters. The highest BCUT2D eigenvalue weighted by atomic mass is 35.5. The van der Waals surface area contributed by atoms with E-state index in [1.807, 2.05) is 5.32 Å². The Labute approximate surface area is 151 Å². The Balaban J connectivity index is 1.97. The lowest BCUT2D eigenvalue weighted by molar-refractivity contribution is -0.384. The van der Waals surface area contributed by atoms with E-state index in [0.717, 1.165) is 4.90 Å². The highest BCUT2D eigenvalue weighted by molar-refractivity contribution is 6.33. The summed E-state index contributed by atoms with van der Waals surface area (Å²) >= 11 is 6.06. The Morgan fingerprint density at radius 3 is 2.65 bits per heavy atom. The number of urea groups is 1. The van der Waals surface area contributed by atoms with Crippen molar-refractivity contribution in [1.82, 2.24) is 10.2 Å². The number of hydrogen-bond acceptors (Lipinski definition) is 6. The number of nitro groups is 1. The molecule has 1 aliphatic heterocycles. The first kappa shape index (κ1) is 17.4. The average molecular weight is 376 g/mol. The van der Waals surface area contributed by atoms with Gasteiger partial charge in [0.25, 0.3) is 17.5 Å². The van der Waals surface area contributed by atoms with E-state index in [-0.39, 0.29) is 33.4 Å². The first-order valence-electron chi connectivity index (χ1n) is 7.17. The number of carbonyl (C=O) groups excluding carboxylic acids is 3. The fourth-order valence-corrected chi connectivity index (χ4v) is 2.49. The van der Waals surface area contributed by atoms with E-state index in [4.69, 9.17) is 16.0 Å². The second-order valence-corrected chi connectivity index (χ2v) is 5.71. The summed E-state index contributed by atoms with van der Waals surface area (Å²) in [6, 6.07) is 6.03. The quantitative estimate of drug-likeness (QED) is 0.380. The van der Waals surface area contributed by atoms with Crippen LogP contribution in [-0.4, -0.2) is 34.7 Å². The number of nitrogens with one attached hydrogen (secondary N) is 1. The molecule has 0 spiro atoms. The predicted molar refractivity (Wildman–Crippen MR) is 90.1 cm³/mol. The number of hydrogen-bond donors (Lipinski definition) is 1. The Morgan fingerprint density at radius 2 is 1.96 bits per heavy atom. The Morgan fingerprint density at radius 1 is 1.23 bits per heavy atom. The number of imide groups is 2. The fourth-order valence-electron chi connectivity index (χ4n) is 2.28. The molecular weight excluding hydrogens is 366 g/mol. The number of amides is 4. The van der Waals surface area contributed by atoms with Gasteiger partial charge in [-0.05, 0) is 24.3 Å². The third kappa shape index (κ3) is 3.07. The van der Waals surface area contributed by atoms with Crippen LogP contribution in [0.5, 0.6) is 0 Å². The number of likely N-dealkylation sites (N-methyl/N-ethyl adjacent to an activating group) is 1. The molecule has 0 radical (unpaired) electrons. The molecule has 0 saturated carbocycles. The van der Waals surface area contributed by atoms with E-state index in [9.17, 15) is 24.5 Å². The van der Waals surface area contributed by atoms with Crippen LogP contribution in [0.3, 0.4) is 0 Å². The summed E-state index contributed by atoms with van der Waals surface area (Å²) in [6.45, 7) is 0. The van der Waals surface area contributed by atoms with Crippen LogP contribution in [0.1, 0.15) is 5.76 Å². The molecule has 1 saturated heterocycles. The minimum absolute atomic E-state index is 0.142. The van der Waals surface area contributed by atoms with Crippen molar-refractivity contribution in [2.75, 3.05) is 7.05 Å². The summed E-state index contributed by atoms with van der Waals surface area (Å²) in [7, 11) is 1.23. The normalized spacial score (nSPS) is 16.2. The predicted octanol–water partition coefficient (Wildman–Crippen LogP) is 2.60. The van der Waals surface area contributed by atoms with Crippen LogP contribution in [0.25, 0.3) is 17.4 Å². The minimum atomic E-state index is -0.843. The van der Waals surface area contributed by atoms with Gasteiger partial charge in [-0.2, -0.15) is 0 Å². The van der Waals surface area contributed by atoms with Crippen LogP contribution in [0.15, 0.2) is 40.3 Å². The van der Waals surface area contributed by atoms with Gasteiger partial charge >= 0.3 is 6.03 Å². The molecule has 9 nitrogen and oxygen atoms in total. The van der Waals surface area contributed by atoms with E-state index < -0.39 is 22.8 Å². The maximum atomic E-state index is 12.0. The highest BCUT2D eigenvalue weighted by Crippen LogP contribution is 2.33. The molecule has 132 valence electrons. The summed E-state index contributed by atoms with van der Waals surface area (Å²) in [5, 5.41) is 13.2. The van der Waals surface area contributed by atoms with Gasteiger partial charge in [0.15, 0.2) is 0 Å². The number of nitrogens with zero attached hydrogens (tertiary/aromatic N) is 2. The molecule has 1 fully saturated rings. The average Bonchev–Trinajstić information content (AvgIpc) is 3.05. The zero-order valence-corrected chi connectivity index (χ0v) is 13.9. The van der Waals surface area contributed by atoms with E-state index in [2.05, 4.69) is 0 Å². The summed E-state index contributed by atoms with van der Waals surface area (Å²) < 4.78 is 5.53. The van der Waals surface area contributed by atoms with Crippen LogP contribution in [0.2, 0.25) is 5.02 Å². The van der Waals surface area contributed by atoms with Gasteiger partial charge in [-0.3, -0.25) is 29.9 Å². The second kappa shape index (κ2) is 6.45. The van der Waals surface area contributed by atoms with Crippen LogP contribution in [0, 0.1) is 10.1 Å². The Kier molecular flexibility index (Phi) is 4.31. The van der Waals surface area contributed by atoms with Crippen molar-refractivity contribution >= 4 is 41.2 Å². The Bertz CT molecular complexity index is 994. The summed E-state index contributed by atoms with van der Waals surface area (Å²) in [6.07, 6.45) is 1.18. The van der Waals surface area contributed by atoms with E-state index in [1.54, 1.807) is 0 Å². The van der Waals surface area contributed by atoms with Gasteiger partial charge in [-0.15, -0.1) is 0 Å². The van der Waals surface area contributed by atoms with Crippen molar-refractivity contribution in [2.45, 2.75) is 0 Å². The van der Waals surface area contributed by atoms with Gasteiger partial charge in [0.05, 0.1) is 9.95 Å². The van der Waals surface area contributed by atoms with Crippen molar-refractivity contribution in [2.24, 2.45) is 0 Å². The topological polar surface area (TPSA) is 123 Å². The number of barbiturate groups is 1. The summed E-state index contributed by atoms with van der Waals surface area (Å²) in [5.74, 6) is -1.25. The van der Waals surface area contributed by atoms with Gasteiger partial charge < -0.3 is 4.42 Å². The lowest BCUT2D eigenvalue weighted by Crippen LogP contribution is -2.52. The first-order valence-corrected chi connectivity index (χ1v) is 7.55. The van der Waals surface area contributed by atoms with Crippen molar-refractivity contribution in [3.05, 3.63) is 56.8 Å². The standard InChI is InChI=1S/C16H10ClN3O6/c1-19-15(22)11(14(21)18-16(19)23)7-9-3-5-13(26-9)10-6-8(20(24)25)2-4-12(10)17/h2-7H,1H3,(H,18,21,23)/b11-7+. The summed E-state index contributed by atoms with van der Waals surface area (Å²) in [5.41, 5.74) is -0.155. The van der Waals surface area contributed by atoms with Crippen molar-refractivity contribution < 1.29 is 23.7 Å². The zero-order chi connectivity index (χ0) is 19.0. The van der Waals surface area contributed by atoms with E-state index in [1.165, 1.54) is 43.5 Å². The number of non-ortho nitro benzene ring substituents is 1. The molecule has 1 aromatic heterocycles. The minimum Gasteiger partial charge on any atom is -0.457 e. The molecule has 1 aromatic carbocycles. The maximum absolute atomic E-state index is 12.0. The molecule has 0 bridgehead atoms. The molecule has 3 rings (SSSR count). The molecule has 0 atom stereocenters. The lowest BCUT2D eigenvalue weighted by atomic mass is 10.1. The molecule has 26 heavy (non-hydrogen) atoms. The van der Waals surface area contributed by atoms with Gasteiger partial charge in [-0.1, -0.05) is 11.6 Å². The SMILES string of the molecule is CN1C(=O)NC(=O)/C(=C\c2ccc(-c3cc([N+](=O)[O-])ccc3Cl)o2)C1=O. The van der Waals surface area contributed by atoms with Crippen LogP contribution < -0.4 is 5.32 Å². The highest BCUT2D eigenvalue weighted by Gasteiger charge is 2.33. The van der Waals surface area contributed by atoms with Crippen LogP contribution in [0.4, 0.5) is 10.5 Å². The van der Waals surface area contributed by atoms with Gasteiger partial charge in [0.2, 0.25) is 0 Å². The number of benzene rings is 1.